The Morgan fingerprint density at radius 1 is 0.966 bits per heavy atom. The molecule has 4 aromatic rings. The van der Waals surface area contributed by atoms with Crippen molar-refractivity contribution < 1.29 is 22.8 Å². The Hall–Kier alpha value is -3.87. The molecule has 0 saturated carbocycles. The van der Waals surface area contributed by atoms with E-state index in [1.165, 1.54) is 6.92 Å². The molecule has 2 amide bonds. The van der Waals surface area contributed by atoms with Gasteiger partial charge >= 0.3 is 0 Å². The SMILES string of the molecule is CC(=O)NC(=O)c1cc2c(ccc3ccccc32)oc1=Nc1ccc(F)cc1F. The van der Waals surface area contributed by atoms with E-state index in [2.05, 4.69) is 10.3 Å². The van der Waals surface area contributed by atoms with Gasteiger partial charge in [0.1, 0.15) is 22.7 Å². The van der Waals surface area contributed by atoms with Crippen molar-refractivity contribution in [1.82, 2.24) is 5.32 Å². The van der Waals surface area contributed by atoms with Gasteiger partial charge in [0.05, 0.1) is 0 Å². The van der Waals surface area contributed by atoms with Crippen molar-refractivity contribution in [1.29, 1.82) is 0 Å². The normalized spacial score (nSPS) is 11.8. The third kappa shape index (κ3) is 3.62. The van der Waals surface area contributed by atoms with E-state index in [4.69, 9.17) is 4.42 Å². The topological polar surface area (TPSA) is 71.7 Å². The smallest absolute Gasteiger partial charge is 0.263 e. The van der Waals surface area contributed by atoms with Crippen molar-refractivity contribution in [3.05, 3.63) is 83.4 Å². The largest absolute Gasteiger partial charge is 0.437 e. The summed E-state index contributed by atoms with van der Waals surface area (Å²) in [5, 5.41) is 4.58. The Labute approximate surface area is 163 Å². The summed E-state index contributed by atoms with van der Waals surface area (Å²) in [7, 11) is 0. The zero-order valence-corrected chi connectivity index (χ0v) is 15.2. The predicted octanol–water partition coefficient (Wildman–Crippen LogP) is 4.37. The summed E-state index contributed by atoms with van der Waals surface area (Å²) < 4.78 is 33.1. The van der Waals surface area contributed by atoms with Gasteiger partial charge in [0.2, 0.25) is 11.5 Å². The summed E-state index contributed by atoms with van der Waals surface area (Å²) in [6.07, 6.45) is 0. The molecule has 3 aromatic carbocycles. The lowest BCUT2D eigenvalue weighted by molar-refractivity contribution is -0.118. The molecule has 0 aliphatic heterocycles. The van der Waals surface area contributed by atoms with Crippen molar-refractivity contribution in [3.63, 3.8) is 0 Å². The average Bonchev–Trinajstić information content (AvgIpc) is 2.69. The van der Waals surface area contributed by atoms with Crippen LogP contribution in [0, 0.1) is 11.6 Å². The number of benzene rings is 3. The van der Waals surface area contributed by atoms with Gasteiger partial charge in [-0.05, 0) is 35.0 Å². The summed E-state index contributed by atoms with van der Waals surface area (Å²) in [5.74, 6) is -2.96. The molecule has 1 N–H and O–H groups in total. The van der Waals surface area contributed by atoms with Crippen LogP contribution in [0.15, 0.2) is 70.1 Å². The first kappa shape index (κ1) is 18.5. The highest BCUT2D eigenvalue weighted by atomic mass is 19.1. The summed E-state index contributed by atoms with van der Waals surface area (Å²) in [6.45, 7) is 1.20. The maximum Gasteiger partial charge on any atom is 0.263 e. The lowest BCUT2D eigenvalue weighted by Crippen LogP contribution is -2.32. The lowest BCUT2D eigenvalue weighted by atomic mass is 10.0. The van der Waals surface area contributed by atoms with Crippen LogP contribution >= 0.6 is 0 Å². The van der Waals surface area contributed by atoms with Gasteiger partial charge < -0.3 is 4.42 Å². The summed E-state index contributed by atoms with van der Waals surface area (Å²) in [6, 6.07) is 15.5. The van der Waals surface area contributed by atoms with Gasteiger partial charge in [-0.3, -0.25) is 14.9 Å². The van der Waals surface area contributed by atoms with E-state index in [-0.39, 0.29) is 16.8 Å². The molecule has 0 unspecified atom stereocenters. The minimum Gasteiger partial charge on any atom is -0.437 e. The molecule has 0 aliphatic rings. The van der Waals surface area contributed by atoms with E-state index in [0.717, 1.165) is 22.9 Å². The van der Waals surface area contributed by atoms with Crippen LogP contribution in [-0.4, -0.2) is 11.8 Å². The summed E-state index contributed by atoms with van der Waals surface area (Å²) in [4.78, 5) is 28.0. The van der Waals surface area contributed by atoms with E-state index in [9.17, 15) is 18.4 Å². The van der Waals surface area contributed by atoms with Gasteiger partial charge in [-0.2, -0.15) is 0 Å². The van der Waals surface area contributed by atoms with Crippen LogP contribution in [0.1, 0.15) is 17.3 Å². The Kier molecular flexibility index (Phi) is 4.64. The third-order valence-corrected chi connectivity index (χ3v) is 4.32. The molecule has 1 aromatic heterocycles. The number of carbonyl (C=O) groups is 2. The van der Waals surface area contributed by atoms with Crippen LogP contribution < -0.4 is 10.9 Å². The number of amides is 2. The van der Waals surface area contributed by atoms with Gasteiger partial charge in [0.25, 0.3) is 5.91 Å². The standard InChI is InChI=1S/C22H14F2N2O3/c1-12(27)25-21(28)17-11-16-15-5-3-2-4-13(15)6-9-20(16)29-22(17)26-19-8-7-14(23)10-18(19)24/h2-11H,1H3,(H,25,27,28). The summed E-state index contributed by atoms with van der Waals surface area (Å²) in [5.41, 5.74) is -0.0265. The van der Waals surface area contributed by atoms with Gasteiger partial charge in [0, 0.05) is 18.4 Å². The van der Waals surface area contributed by atoms with E-state index >= 15 is 0 Å². The number of fused-ring (bicyclic) bond motifs is 3. The highest BCUT2D eigenvalue weighted by Gasteiger charge is 2.16. The number of nitrogens with one attached hydrogen (secondary N) is 1. The Balaban J connectivity index is 2.03. The molecular weight excluding hydrogens is 378 g/mol. The second-order valence-electron chi connectivity index (χ2n) is 6.38. The quantitative estimate of drug-likeness (QED) is 0.515. The van der Waals surface area contributed by atoms with Crippen molar-refractivity contribution in [2.45, 2.75) is 6.92 Å². The molecule has 4 rings (SSSR count). The number of imide groups is 1. The highest BCUT2D eigenvalue weighted by Crippen LogP contribution is 2.25. The Bertz CT molecular complexity index is 1360. The monoisotopic (exact) mass is 392 g/mol. The molecule has 0 aliphatic carbocycles. The van der Waals surface area contributed by atoms with Crippen LogP contribution in [0.2, 0.25) is 0 Å². The highest BCUT2D eigenvalue weighted by molar-refractivity contribution is 6.09. The molecular formula is C22H14F2N2O3. The molecule has 1 heterocycles. The lowest BCUT2D eigenvalue weighted by Gasteiger charge is -2.07. The third-order valence-electron chi connectivity index (χ3n) is 4.32. The van der Waals surface area contributed by atoms with Gasteiger partial charge in [-0.1, -0.05) is 30.3 Å². The van der Waals surface area contributed by atoms with Gasteiger partial charge in [-0.25, -0.2) is 13.8 Å². The second-order valence-corrected chi connectivity index (χ2v) is 6.38. The molecule has 144 valence electrons. The molecule has 5 nitrogen and oxygen atoms in total. The minimum atomic E-state index is -0.906. The number of hydrogen-bond acceptors (Lipinski definition) is 4. The molecule has 0 atom stereocenters. The first-order valence-electron chi connectivity index (χ1n) is 8.70. The Morgan fingerprint density at radius 2 is 1.76 bits per heavy atom. The molecule has 0 saturated heterocycles. The first-order valence-corrected chi connectivity index (χ1v) is 8.70. The van der Waals surface area contributed by atoms with Crippen molar-refractivity contribution in [2.75, 3.05) is 0 Å². The van der Waals surface area contributed by atoms with Gasteiger partial charge in [-0.15, -0.1) is 0 Å². The molecule has 0 bridgehead atoms. The Morgan fingerprint density at radius 3 is 2.52 bits per heavy atom. The van der Waals surface area contributed by atoms with E-state index in [1.807, 2.05) is 30.3 Å². The average molecular weight is 392 g/mol. The molecule has 29 heavy (non-hydrogen) atoms. The van der Waals surface area contributed by atoms with E-state index in [1.54, 1.807) is 12.1 Å². The molecule has 7 heteroatoms. The number of carbonyl (C=O) groups excluding carboxylic acids is 2. The van der Waals surface area contributed by atoms with Crippen LogP contribution in [0.4, 0.5) is 14.5 Å². The number of rotatable bonds is 2. The summed E-state index contributed by atoms with van der Waals surface area (Å²) >= 11 is 0. The van der Waals surface area contributed by atoms with Gasteiger partial charge in [0.15, 0.2) is 5.82 Å². The number of hydrogen-bond donors (Lipinski definition) is 1. The predicted molar refractivity (Wildman–Crippen MR) is 103 cm³/mol. The second kappa shape index (κ2) is 7.27. The molecule has 0 fully saturated rings. The van der Waals surface area contributed by atoms with Crippen molar-refractivity contribution in [3.8, 4) is 0 Å². The van der Waals surface area contributed by atoms with Crippen LogP contribution in [0.5, 0.6) is 0 Å². The fourth-order valence-electron chi connectivity index (χ4n) is 3.03. The number of nitrogens with zero attached hydrogens (tertiary/aromatic N) is 1. The molecule has 0 radical (unpaired) electrons. The van der Waals surface area contributed by atoms with Crippen molar-refractivity contribution in [2.24, 2.45) is 4.99 Å². The first-order chi connectivity index (χ1) is 13.9. The fourth-order valence-corrected chi connectivity index (χ4v) is 3.03. The van der Waals surface area contributed by atoms with E-state index < -0.39 is 23.4 Å². The van der Waals surface area contributed by atoms with Crippen LogP contribution in [0.3, 0.4) is 0 Å². The molecule has 0 spiro atoms. The maximum absolute atomic E-state index is 14.1. The zero-order chi connectivity index (χ0) is 20.5. The van der Waals surface area contributed by atoms with E-state index in [0.29, 0.717) is 17.0 Å². The minimum absolute atomic E-state index is 0.0484. The number of halogens is 2. The van der Waals surface area contributed by atoms with Crippen LogP contribution in [0.25, 0.3) is 21.7 Å². The maximum atomic E-state index is 14.1. The van der Waals surface area contributed by atoms with Crippen molar-refractivity contribution >= 4 is 39.2 Å². The zero-order valence-electron chi connectivity index (χ0n) is 15.2. The fraction of sp³-hybridized carbons (Fsp3) is 0.0455. The van der Waals surface area contributed by atoms with Crippen LogP contribution in [-0.2, 0) is 4.79 Å².